The van der Waals surface area contributed by atoms with Crippen molar-refractivity contribution in [3.8, 4) is 0 Å². The van der Waals surface area contributed by atoms with Crippen LogP contribution < -0.4 is 4.90 Å². The summed E-state index contributed by atoms with van der Waals surface area (Å²) in [5, 5.41) is 0.681. The van der Waals surface area contributed by atoms with Crippen LogP contribution in [0.15, 0.2) is 18.2 Å². The van der Waals surface area contributed by atoms with Gasteiger partial charge in [-0.3, -0.25) is 4.79 Å². The van der Waals surface area contributed by atoms with Crippen LogP contribution in [0, 0.1) is 11.8 Å². The molecule has 0 spiro atoms. The Morgan fingerprint density at radius 1 is 1.44 bits per heavy atom. The number of rotatable bonds is 4. The average Bonchev–Trinajstić information content (AvgIpc) is 2.61. The molecule has 1 amide bonds. The van der Waals surface area contributed by atoms with E-state index < -0.39 is 0 Å². The number of benzene rings is 1. The van der Waals surface area contributed by atoms with Gasteiger partial charge in [0.05, 0.1) is 6.42 Å². The van der Waals surface area contributed by atoms with Crippen LogP contribution in [0.4, 0.5) is 5.69 Å². The molecule has 1 aromatic rings. The Bertz CT molecular complexity index is 461. The monoisotopic (exact) mass is 283 g/mol. The van der Waals surface area contributed by atoms with E-state index in [0.717, 1.165) is 23.5 Å². The quantitative estimate of drug-likeness (QED) is 0.840. The van der Waals surface area contributed by atoms with Gasteiger partial charge in [-0.1, -0.05) is 31.5 Å². The molecule has 0 N–H and O–H groups in total. The van der Waals surface area contributed by atoms with Crippen molar-refractivity contribution < 1.29 is 4.79 Å². The molecule has 2 rings (SSSR count). The molecule has 1 unspecified atom stereocenters. The second-order valence-corrected chi connectivity index (χ2v) is 5.94. The van der Waals surface area contributed by atoms with Crippen molar-refractivity contribution in [2.24, 2.45) is 11.8 Å². The van der Waals surface area contributed by atoms with E-state index in [0.29, 0.717) is 23.3 Å². The lowest BCUT2D eigenvalue weighted by Crippen LogP contribution is -2.34. The third-order valence-corrected chi connectivity index (χ3v) is 4.28. The number of carbonyl (C=O) groups is 1. The molecule has 0 aliphatic carbocycles. The summed E-state index contributed by atoms with van der Waals surface area (Å²) < 4.78 is 0. The van der Waals surface area contributed by atoms with E-state index in [1.807, 2.05) is 23.1 Å². The maximum atomic E-state index is 12.1. The zero-order valence-corrected chi connectivity index (χ0v) is 12.3. The third-order valence-electron chi connectivity index (χ3n) is 3.58. The lowest BCUT2D eigenvalue weighted by atomic mass is 9.97. The van der Waals surface area contributed by atoms with Crippen molar-refractivity contribution in [2.75, 3.05) is 17.2 Å². The molecule has 0 fully saturated rings. The van der Waals surface area contributed by atoms with Crippen molar-refractivity contribution in [1.82, 2.24) is 0 Å². The van der Waals surface area contributed by atoms with Gasteiger partial charge in [0, 0.05) is 17.3 Å². The fraction of sp³-hybridized carbons (Fsp3) is 0.500. The molecule has 1 aliphatic rings. The maximum Gasteiger partial charge on any atom is 0.231 e. The van der Waals surface area contributed by atoms with Gasteiger partial charge in [-0.05, 0) is 35.3 Å². The van der Waals surface area contributed by atoms with Crippen LogP contribution in [0.2, 0.25) is 5.02 Å². The first-order valence-corrected chi connectivity index (χ1v) is 7.23. The van der Waals surface area contributed by atoms with Crippen molar-refractivity contribution >= 4 is 35.8 Å². The van der Waals surface area contributed by atoms with Crippen LogP contribution in [0.1, 0.15) is 19.4 Å². The van der Waals surface area contributed by atoms with Crippen LogP contribution in [0.25, 0.3) is 0 Å². The van der Waals surface area contributed by atoms with E-state index in [4.69, 9.17) is 11.6 Å². The van der Waals surface area contributed by atoms with Gasteiger partial charge in [-0.2, -0.15) is 12.6 Å². The number of nitrogens with zero attached hydrogens (tertiary/aromatic N) is 1. The smallest absolute Gasteiger partial charge is 0.231 e. The van der Waals surface area contributed by atoms with Crippen LogP contribution in [0.5, 0.6) is 0 Å². The Hall–Kier alpha value is -0.670. The van der Waals surface area contributed by atoms with E-state index in [1.165, 1.54) is 0 Å². The fourth-order valence-electron chi connectivity index (χ4n) is 2.24. The summed E-state index contributed by atoms with van der Waals surface area (Å²) in [5.41, 5.74) is 2.05. The zero-order valence-electron chi connectivity index (χ0n) is 10.7. The molecule has 1 aliphatic heterocycles. The largest absolute Gasteiger partial charge is 0.311 e. The summed E-state index contributed by atoms with van der Waals surface area (Å²) in [6.45, 7) is 5.06. The predicted octanol–water partition coefficient (Wildman–Crippen LogP) is 3.43. The number of carbonyl (C=O) groups excluding carboxylic acids is 1. The summed E-state index contributed by atoms with van der Waals surface area (Å²) in [6.07, 6.45) is 0.490. The van der Waals surface area contributed by atoms with Gasteiger partial charge in [0.2, 0.25) is 5.91 Å². The molecule has 98 valence electrons. The summed E-state index contributed by atoms with van der Waals surface area (Å²) in [6, 6.07) is 5.67. The van der Waals surface area contributed by atoms with Crippen molar-refractivity contribution in [3.63, 3.8) is 0 Å². The lowest BCUT2D eigenvalue weighted by Gasteiger charge is -2.26. The van der Waals surface area contributed by atoms with E-state index in [2.05, 4.69) is 26.5 Å². The normalized spacial score (nSPS) is 16.3. The molecular weight excluding hydrogens is 266 g/mol. The summed E-state index contributed by atoms with van der Waals surface area (Å²) >= 11 is 10.4. The molecule has 18 heavy (non-hydrogen) atoms. The highest BCUT2D eigenvalue weighted by Gasteiger charge is 2.29. The van der Waals surface area contributed by atoms with Crippen LogP contribution in [0.3, 0.4) is 0 Å². The SMILES string of the molecule is CC(C)C(CS)CN1C(=O)Cc2ccc(Cl)cc21. The summed E-state index contributed by atoms with van der Waals surface area (Å²) in [4.78, 5) is 13.9. The molecule has 2 nitrogen and oxygen atoms in total. The summed E-state index contributed by atoms with van der Waals surface area (Å²) in [5.74, 6) is 1.87. The van der Waals surface area contributed by atoms with Crippen molar-refractivity contribution in [3.05, 3.63) is 28.8 Å². The molecular formula is C14H18ClNOS. The molecule has 0 aromatic heterocycles. The molecule has 0 radical (unpaired) electrons. The number of anilines is 1. The van der Waals surface area contributed by atoms with Crippen molar-refractivity contribution in [1.29, 1.82) is 0 Å². The van der Waals surface area contributed by atoms with Gasteiger partial charge in [-0.15, -0.1) is 0 Å². The number of thiol groups is 1. The minimum atomic E-state index is 0.166. The first-order valence-electron chi connectivity index (χ1n) is 6.22. The van der Waals surface area contributed by atoms with E-state index in [-0.39, 0.29) is 5.91 Å². The van der Waals surface area contributed by atoms with E-state index >= 15 is 0 Å². The van der Waals surface area contributed by atoms with Gasteiger partial charge in [-0.25, -0.2) is 0 Å². The Labute approximate surface area is 119 Å². The van der Waals surface area contributed by atoms with Crippen molar-refractivity contribution in [2.45, 2.75) is 20.3 Å². The highest BCUT2D eigenvalue weighted by Crippen LogP contribution is 2.32. The number of halogens is 1. The Morgan fingerprint density at radius 3 is 2.78 bits per heavy atom. The van der Waals surface area contributed by atoms with E-state index in [9.17, 15) is 4.79 Å². The predicted molar refractivity (Wildman–Crippen MR) is 79.7 cm³/mol. The second-order valence-electron chi connectivity index (χ2n) is 5.14. The van der Waals surface area contributed by atoms with Crippen LogP contribution in [-0.4, -0.2) is 18.2 Å². The maximum absolute atomic E-state index is 12.1. The van der Waals surface area contributed by atoms with Gasteiger partial charge in [0.15, 0.2) is 0 Å². The Balaban J connectivity index is 2.24. The molecule has 0 bridgehead atoms. The van der Waals surface area contributed by atoms with Crippen LogP contribution >= 0.6 is 24.2 Å². The molecule has 0 saturated heterocycles. The topological polar surface area (TPSA) is 20.3 Å². The standard InChI is InChI=1S/C14H18ClNOS/c1-9(2)11(8-18)7-16-13-6-12(15)4-3-10(13)5-14(16)17/h3-4,6,9,11,18H,5,7-8H2,1-2H3. The van der Waals surface area contributed by atoms with E-state index in [1.54, 1.807) is 0 Å². The number of amides is 1. The Morgan fingerprint density at radius 2 is 2.17 bits per heavy atom. The first kappa shape index (κ1) is 13.8. The van der Waals surface area contributed by atoms with Crippen LogP contribution in [-0.2, 0) is 11.2 Å². The zero-order chi connectivity index (χ0) is 13.3. The first-order chi connectivity index (χ1) is 8.52. The molecule has 1 heterocycles. The molecule has 0 saturated carbocycles. The highest BCUT2D eigenvalue weighted by molar-refractivity contribution is 7.80. The Kier molecular flexibility index (Phi) is 4.23. The average molecular weight is 284 g/mol. The minimum absolute atomic E-state index is 0.166. The molecule has 1 aromatic carbocycles. The molecule has 4 heteroatoms. The fourth-order valence-corrected chi connectivity index (χ4v) is 2.95. The number of hydrogen-bond acceptors (Lipinski definition) is 2. The number of fused-ring (bicyclic) bond motifs is 1. The van der Waals surface area contributed by atoms with Gasteiger partial charge >= 0.3 is 0 Å². The highest BCUT2D eigenvalue weighted by atomic mass is 35.5. The molecule has 1 atom stereocenters. The number of hydrogen-bond donors (Lipinski definition) is 1. The second kappa shape index (κ2) is 5.54. The van der Waals surface area contributed by atoms with Gasteiger partial charge in [0.1, 0.15) is 0 Å². The van der Waals surface area contributed by atoms with Gasteiger partial charge in [0.25, 0.3) is 0 Å². The van der Waals surface area contributed by atoms with Gasteiger partial charge < -0.3 is 4.90 Å². The third kappa shape index (κ3) is 2.67. The summed E-state index contributed by atoms with van der Waals surface area (Å²) in [7, 11) is 0. The lowest BCUT2D eigenvalue weighted by molar-refractivity contribution is -0.117. The minimum Gasteiger partial charge on any atom is -0.311 e.